The number of rotatable bonds is 3. The number of allylic oxidation sites excluding steroid dienone is 2. The van der Waals surface area contributed by atoms with E-state index in [0.717, 1.165) is 11.1 Å². The first-order valence-electron chi connectivity index (χ1n) is 4.40. The molecule has 1 unspecified atom stereocenters. The van der Waals surface area contributed by atoms with Crippen molar-refractivity contribution in [3.8, 4) is 0 Å². The van der Waals surface area contributed by atoms with Crippen molar-refractivity contribution in [3.05, 3.63) is 23.3 Å². The van der Waals surface area contributed by atoms with Gasteiger partial charge in [0, 0.05) is 6.54 Å². The Morgan fingerprint density at radius 3 is 2.77 bits per heavy atom. The Balaban J connectivity index is 2.54. The number of hydrogen-bond donors (Lipinski definition) is 2. The summed E-state index contributed by atoms with van der Waals surface area (Å²) in [5.74, 6) is -0.161. The average molecular weight is 181 g/mol. The molecule has 0 aromatic carbocycles. The lowest BCUT2D eigenvalue weighted by Crippen LogP contribution is -2.31. The number of amides is 1. The van der Waals surface area contributed by atoms with E-state index in [0.29, 0.717) is 6.54 Å². The Labute approximate surface area is 78.1 Å². The number of carbonyl (C=O) groups is 1. The van der Waals surface area contributed by atoms with E-state index in [1.165, 1.54) is 0 Å². The summed E-state index contributed by atoms with van der Waals surface area (Å²) >= 11 is 0. The number of hydrogen-bond acceptors (Lipinski definition) is 2. The number of aliphatic hydroxyl groups excluding tert-OH is 1. The SMILES string of the molecule is CC1=CC(C(=O)NCCO)C(C)=C1. The number of aliphatic hydroxyl groups is 1. The van der Waals surface area contributed by atoms with Gasteiger partial charge in [-0.3, -0.25) is 4.79 Å². The van der Waals surface area contributed by atoms with Gasteiger partial charge in [0.1, 0.15) is 0 Å². The maximum atomic E-state index is 11.5. The lowest BCUT2D eigenvalue weighted by molar-refractivity contribution is -0.122. The van der Waals surface area contributed by atoms with Crippen LogP contribution in [0.1, 0.15) is 13.8 Å². The zero-order valence-corrected chi connectivity index (χ0v) is 8.00. The summed E-state index contributed by atoms with van der Waals surface area (Å²) in [5.41, 5.74) is 2.19. The molecule has 1 rings (SSSR count). The molecule has 3 heteroatoms. The van der Waals surface area contributed by atoms with Crippen LogP contribution < -0.4 is 5.32 Å². The van der Waals surface area contributed by atoms with Crippen LogP contribution >= 0.6 is 0 Å². The first-order chi connectivity index (χ1) is 6.15. The second kappa shape index (κ2) is 4.23. The molecule has 0 aromatic rings. The van der Waals surface area contributed by atoms with E-state index in [2.05, 4.69) is 5.32 Å². The standard InChI is InChI=1S/C10H15NO2/c1-7-5-8(2)9(6-7)10(13)11-3-4-12/h5-6,9,12H,3-4H2,1-2H3,(H,11,13). The lowest BCUT2D eigenvalue weighted by Gasteiger charge is -2.09. The van der Waals surface area contributed by atoms with Crippen LogP contribution in [-0.2, 0) is 4.79 Å². The number of nitrogens with one attached hydrogen (secondary N) is 1. The van der Waals surface area contributed by atoms with Gasteiger partial charge in [-0.2, -0.15) is 0 Å². The molecule has 1 aliphatic rings. The second-order valence-corrected chi connectivity index (χ2v) is 3.29. The predicted molar refractivity (Wildman–Crippen MR) is 51.1 cm³/mol. The van der Waals surface area contributed by atoms with Gasteiger partial charge < -0.3 is 10.4 Å². The maximum Gasteiger partial charge on any atom is 0.231 e. The van der Waals surface area contributed by atoms with Gasteiger partial charge >= 0.3 is 0 Å². The van der Waals surface area contributed by atoms with Crippen LogP contribution in [0, 0.1) is 5.92 Å². The Kier molecular flexibility index (Phi) is 3.25. The molecule has 2 N–H and O–H groups in total. The van der Waals surface area contributed by atoms with Crippen LogP contribution in [0.5, 0.6) is 0 Å². The molecule has 0 aliphatic heterocycles. The fraction of sp³-hybridized carbons (Fsp3) is 0.500. The highest BCUT2D eigenvalue weighted by Crippen LogP contribution is 2.23. The summed E-state index contributed by atoms with van der Waals surface area (Å²) in [6.45, 7) is 4.23. The highest BCUT2D eigenvalue weighted by Gasteiger charge is 2.20. The van der Waals surface area contributed by atoms with E-state index >= 15 is 0 Å². The Morgan fingerprint density at radius 2 is 2.31 bits per heavy atom. The molecule has 1 aliphatic carbocycles. The summed E-state index contributed by atoms with van der Waals surface area (Å²) in [6, 6.07) is 0. The van der Waals surface area contributed by atoms with Gasteiger partial charge in [-0.25, -0.2) is 0 Å². The molecule has 0 saturated carbocycles. The molecular weight excluding hydrogens is 166 g/mol. The minimum Gasteiger partial charge on any atom is -0.395 e. The van der Waals surface area contributed by atoms with Crippen LogP contribution in [0.3, 0.4) is 0 Å². The van der Waals surface area contributed by atoms with E-state index in [1.807, 2.05) is 26.0 Å². The van der Waals surface area contributed by atoms with E-state index in [-0.39, 0.29) is 18.4 Å². The molecule has 3 nitrogen and oxygen atoms in total. The molecule has 0 bridgehead atoms. The van der Waals surface area contributed by atoms with E-state index < -0.39 is 0 Å². The fourth-order valence-electron chi connectivity index (χ4n) is 1.46. The van der Waals surface area contributed by atoms with E-state index in [1.54, 1.807) is 0 Å². The minimum atomic E-state index is -0.133. The third kappa shape index (κ3) is 2.42. The van der Waals surface area contributed by atoms with Crippen molar-refractivity contribution in [2.45, 2.75) is 13.8 Å². The molecule has 1 atom stereocenters. The van der Waals surface area contributed by atoms with Gasteiger partial charge in [0.15, 0.2) is 0 Å². The highest BCUT2D eigenvalue weighted by atomic mass is 16.3. The quantitative estimate of drug-likeness (QED) is 0.670. The zero-order valence-electron chi connectivity index (χ0n) is 8.00. The van der Waals surface area contributed by atoms with E-state index in [9.17, 15) is 4.79 Å². The van der Waals surface area contributed by atoms with Crippen molar-refractivity contribution in [2.24, 2.45) is 5.92 Å². The van der Waals surface area contributed by atoms with Crippen LogP contribution in [-0.4, -0.2) is 24.2 Å². The van der Waals surface area contributed by atoms with Crippen LogP contribution in [0.4, 0.5) is 0 Å². The average Bonchev–Trinajstić information content (AvgIpc) is 2.41. The van der Waals surface area contributed by atoms with Crippen molar-refractivity contribution in [1.82, 2.24) is 5.32 Å². The van der Waals surface area contributed by atoms with Gasteiger partial charge in [0.2, 0.25) is 5.91 Å². The summed E-state index contributed by atoms with van der Waals surface area (Å²) in [7, 11) is 0. The smallest absolute Gasteiger partial charge is 0.231 e. The summed E-state index contributed by atoms with van der Waals surface area (Å²) in [6.07, 6.45) is 3.94. The minimum absolute atomic E-state index is 0.0100. The maximum absolute atomic E-state index is 11.5. The van der Waals surface area contributed by atoms with Crippen LogP contribution in [0.2, 0.25) is 0 Å². The normalized spacial score (nSPS) is 21.0. The van der Waals surface area contributed by atoms with Crippen molar-refractivity contribution in [3.63, 3.8) is 0 Å². The topological polar surface area (TPSA) is 49.3 Å². The van der Waals surface area contributed by atoms with Gasteiger partial charge in [-0.05, 0) is 13.8 Å². The van der Waals surface area contributed by atoms with Crippen LogP contribution in [0.15, 0.2) is 23.3 Å². The van der Waals surface area contributed by atoms with Crippen molar-refractivity contribution in [2.75, 3.05) is 13.2 Å². The Hall–Kier alpha value is -1.09. The molecule has 13 heavy (non-hydrogen) atoms. The zero-order chi connectivity index (χ0) is 9.84. The molecule has 0 radical (unpaired) electrons. The highest BCUT2D eigenvalue weighted by molar-refractivity contribution is 5.84. The first-order valence-corrected chi connectivity index (χ1v) is 4.40. The van der Waals surface area contributed by atoms with Gasteiger partial charge in [-0.1, -0.05) is 23.3 Å². The monoisotopic (exact) mass is 181 g/mol. The largest absolute Gasteiger partial charge is 0.395 e. The molecular formula is C10H15NO2. The molecule has 0 spiro atoms. The van der Waals surface area contributed by atoms with Crippen molar-refractivity contribution in [1.29, 1.82) is 0 Å². The third-order valence-corrected chi connectivity index (χ3v) is 2.07. The van der Waals surface area contributed by atoms with Crippen molar-refractivity contribution < 1.29 is 9.90 Å². The molecule has 1 amide bonds. The molecule has 0 saturated heterocycles. The summed E-state index contributed by atoms with van der Waals surface area (Å²) < 4.78 is 0. The molecule has 0 aromatic heterocycles. The van der Waals surface area contributed by atoms with Gasteiger partial charge in [-0.15, -0.1) is 0 Å². The van der Waals surface area contributed by atoms with Crippen LogP contribution in [0.25, 0.3) is 0 Å². The Bertz CT molecular complexity index is 266. The molecule has 0 heterocycles. The predicted octanol–water partition coefficient (Wildman–Crippen LogP) is 0.617. The molecule has 72 valence electrons. The number of carbonyl (C=O) groups excluding carboxylic acids is 1. The van der Waals surface area contributed by atoms with Gasteiger partial charge in [0.05, 0.1) is 12.5 Å². The first kappa shape index (κ1) is 9.99. The van der Waals surface area contributed by atoms with E-state index in [4.69, 9.17) is 5.11 Å². The third-order valence-electron chi connectivity index (χ3n) is 2.07. The van der Waals surface area contributed by atoms with Crippen molar-refractivity contribution >= 4 is 5.91 Å². The molecule has 0 fully saturated rings. The second-order valence-electron chi connectivity index (χ2n) is 3.29. The fourth-order valence-corrected chi connectivity index (χ4v) is 1.46. The summed E-state index contributed by atoms with van der Waals surface area (Å²) in [5, 5.41) is 11.2. The summed E-state index contributed by atoms with van der Waals surface area (Å²) in [4.78, 5) is 11.5. The lowest BCUT2D eigenvalue weighted by atomic mass is 10.0. The van der Waals surface area contributed by atoms with Gasteiger partial charge in [0.25, 0.3) is 0 Å². The Morgan fingerprint density at radius 1 is 1.62 bits per heavy atom.